The van der Waals surface area contributed by atoms with Crippen LogP contribution >= 0.6 is 10.7 Å². The molecule has 0 radical (unpaired) electrons. The van der Waals surface area contributed by atoms with E-state index in [2.05, 4.69) is 72.4 Å². The van der Waals surface area contributed by atoms with E-state index in [1.165, 1.54) is 49.2 Å². The van der Waals surface area contributed by atoms with E-state index < -0.39 is 32.3 Å². The van der Waals surface area contributed by atoms with Gasteiger partial charge in [0.25, 0.3) is 29.4 Å². The minimum Gasteiger partial charge on any atom is -0.399 e. The summed E-state index contributed by atoms with van der Waals surface area (Å²) in [5, 5.41) is 16.9. The number of nitrogens with two attached hydrogens (primary N) is 1. The summed E-state index contributed by atoms with van der Waals surface area (Å²) in [5.74, 6) is 0.638. The predicted octanol–water partition coefficient (Wildman–Crippen LogP) is 8.83. The van der Waals surface area contributed by atoms with Gasteiger partial charge in [0.05, 0.1) is 0 Å². The molecule has 0 bridgehead atoms. The number of aromatic amines is 1. The van der Waals surface area contributed by atoms with Crippen LogP contribution in [0.1, 0.15) is 70.2 Å². The number of anilines is 6. The van der Waals surface area contributed by atoms with Gasteiger partial charge in [-0.3, -0.25) is 4.72 Å². The number of halogens is 1. The van der Waals surface area contributed by atoms with Crippen LogP contribution in [0.4, 0.5) is 34.6 Å². The topological polar surface area (TPSA) is 212 Å². The fourth-order valence-corrected chi connectivity index (χ4v) is 11.1. The average molecular weight is 958 g/mol. The molecule has 0 saturated carbocycles. The van der Waals surface area contributed by atoms with Gasteiger partial charge in [0.15, 0.2) is 0 Å². The fraction of sp³-hybridized carbons (Fsp3) is 0.391. The SMILES string of the molecule is C[Si](C)(C)CCOCn1nc(S(=O)(=O)Cl)nc1Nc1c2c(cc3c1CCC3)CCC2.Nc1ccccc1.O=S(=O)(Nc1ccccc1)c1nc(Nc2c3c(cc4c2CCC4)CCC3)n[nH]1. The summed E-state index contributed by atoms with van der Waals surface area (Å²) in [5.41, 5.74) is 19.7. The zero-order valence-electron chi connectivity index (χ0n) is 37.1. The summed E-state index contributed by atoms with van der Waals surface area (Å²) in [6.07, 6.45) is 13.1. The number of fused-ring (bicyclic) bond motifs is 4. The van der Waals surface area contributed by atoms with Gasteiger partial charge in [0, 0.05) is 48.1 Å². The van der Waals surface area contributed by atoms with Crippen molar-refractivity contribution >= 4 is 72.5 Å². The zero-order chi connectivity index (χ0) is 45.8. The van der Waals surface area contributed by atoms with Crippen molar-refractivity contribution in [1.29, 1.82) is 0 Å². The van der Waals surface area contributed by atoms with Crippen LogP contribution in [0.15, 0.2) is 83.1 Å². The average Bonchev–Trinajstić information content (AvgIpc) is 4.12. The smallest absolute Gasteiger partial charge is 0.298 e. The molecular formula is C46H57ClN10O5S2Si. The Bertz CT molecular complexity index is 2810. The Morgan fingerprint density at radius 3 is 1.71 bits per heavy atom. The molecule has 10 rings (SSSR count). The first kappa shape index (κ1) is 46.3. The maximum absolute atomic E-state index is 12.6. The third-order valence-electron chi connectivity index (χ3n) is 12.0. The Morgan fingerprint density at radius 1 is 0.723 bits per heavy atom. The Balaban J connectivity index is 0.000000154. The lowest BCUT2D eigenvalue weighted by atomic mass is 9.99. The van der Waals surface area contributed by atoms with Crippen LogP contribution in [0.2, 0.25) is 25.7 Å². The van der Waals surface area contributed by atoms with Crippen molar-refractivity contribution in [2.75, 3.05) is 27.7 Å². The molecule has 6 N–H and O–H groups in total. The molecule has 0 unspecified atom stereocenters. The number of nitrogens with zero attached hydrogens (tertiary/aromatic N) is 5. The summed E-state index contributed by atoms with van der Waals surface area (Å²) < 4.78 is 58.6. The van der Waals surface area contributed by atoms with Crippen molar-refractivity contribution in [3.63, 3.8) is 0 Å². The van der Waals surface area contributed by atoms with Gasteiger partial charge in [-0.05, 0) is 152 Å². The number of nitrogens with one attached hydrogen (secondary N) is 4. The molecule has 0 atom stereocenters. The molecule has 2 heterocycles. The number of benzene rings is 4. The summed E-state index contributed by atoms with van der Waals surface area (Å²) in [6.45, 7) is 7.59. The van der Waals surface area contributed by atoms with E-state index in [9.17, 15) is 16.8 Å². The second-order valence-electron chi connectivity index (χ2n) is 18.1. The van der Waals surface area contributed by atoms with Crippen LogP contribution in [0.5, 0.6) is 0 Å². The molecule has 344 valence electrons. The zero-order valence-corrected chi connectivity index (χ0v) is 40.5. The van der Waals surface area contributed by atoms with Crippen molar-refractivity contribution in [3.05, 3.63) is 117 Å². The third kappa shape index (κ3) is 11.4. The summed E-state index contributed by atoms with van der Waals surface area (Å²) in [6, 6.07) is 23.9. The van der Waals surface area contributed by atoms with E-state index in [0.717, 1.165) is 100 Å². The van der Waals surface area contributed by atoms with Crippen molar-refractivity contribution in [3.8, 4) is 0 Å². The molecular weight excluding hydrogens is 900 g/mol. The number of H-pyrrole nitrogens is 1. The predicted molar refractivity (Wildman–Crippen MR) is 259 cm³/mol. The van der Waals surface area contributed by atoms with E-state index in [-0.39, 0.29) is 17.8 Å². The van der Waals surface area contributed by atoms with Gasteiger partial charge >= 0.3 is 0 Å². The molecule has 0 fully saturated rings. The van der Waals surface area contributed by atoms with Gasteiger partial charge in [-0.2, -0.15) is 18.4 Å². The van der Waals surface area contributed by atoms with Crippen LogP contribution < -0.4 is 21.1 Å². The molecule has 6 aromatic rings. The molecule has 15 nitrogen and oxygen atoms in total. The maximum Gasteiger partial charge on any atom is 0.298 e. The standard InChI is InChI=1S/C20H29ClN4O3SSi.C20H21N5O2S.C6H7N/c1-30(2,3)11-10-28-13-25-19(23-20(24-25)29(21,26)27)22-18-16-8-4-6-14(16)12-15-7-5-9-17(15)18;26-28(27,25-15-8-2-1-3-9-15)20-22-19(23-24-20)21-18-16-10-4-6-13(16)12-14-7-5-11-17(14)18;7-6-4-2-1-3-5-6/h12H,4-11,13H2,1-3H3,(H,22,23,24);1-3,8-9,12,25H,4-7,10-11H2,(H2,21,22,23,24);1-5H,7H2. The Hall–Kier alpha value is -5.27. The lowest BCUT2D eigenvalue weighted by Gasteiger charge is -2.18. The Labute approximate surface area is 386 Å². The van der Waals surface area contributed by atoms with Crippen molar-refractivity contribution < 1.29 is 21.6 Å². The second kappa shape index (κ2) is 19.7. The molecule has 4 aliphatic carbocycles. The van der Waals surface area contributed by atoms with E-state index in [0.29, 0.717) is 18.2 Å². The number of aryl methyl sites for hydroxylation is 4. The van der Waals surface area contributed by atoms with Gasteiger partial charge < -0.3 is 21.1 Å². The molecule has 65 heavy (non-hydrogen) atoms. The first-order chi connectivity index (χ1) is 31.1. The number of sulfonamides is 1. The summed E-state index contributed by atoms with van der Waals surface area (Å²) in [7, 11) is -3.55. The number of aromatic nitrogens is 6. The highest BCUT2D eigenvalue weighted by molar-refractivity contribution is 8.13. The van der Waals surface area contributed by atoms with Crippen LogP contribution in [0, 0.1) is 0 Å². The first-order valence-corrected chi connectivity index (χ1v) is 29.8. The summed E-state index contributed by atoms with van der Waals surface area (Å²) in [4.78, 5) is 8.40. The third-order valence-corrected chi connectivity index (χ3v) is 16.0. The highest BCUT2D eigenvalue weighted by Gasteiger charge is 2.28. The van der Waals surface area contributed by atoms with Crippen LogP contribution in [-0.4, -0.2) is 61.5 Å². The van der Waals surface area contributed by atoms with E-state index in [1.807, 2.05) is 36.4 Å². The quantitative estimate of drug-likeness (QED) is 0.0318. The molecule has 0 saturated heterocycles. The minimum absolute atomic E-state index is 0.128. The Kier molecular flexibility index (Phi) is 14.0. The van der Waals surface area contributed by atoms with Crippen molar-refractivity contribution in [2.24, 2.45) is 0 Å². The fourth-order valence-electron chi connectivity index (χ4n) is 8.88. The van der Waals surface area contributed by atoms with Crippen molar-refractivity contribution in [2.45, 2.75) is 120 Å². The van der Waals surface area contributed by atoms with Crippen LogP contribution in [0.25, 0.3) is 0 Å². The number of ether oxygens (including phenoxy) is 1. The van der Waals surface area contributed by atoms with E-state index in [1.54, 1.807) is 24.3 Å². The van der Waals surface area contributed by atoms with Crippen LogP contribution in [0.3, 0.4) is 0 Å². The molecule has 0 aliphatic heterocycles. The number of hydrogen-bond acceptors (Lipinski definition) is 12. The lowest BCUT2D eigenvalue weighted by Crippen LogP contribution is -2.22. The van der Waals surface area contributed by atoms with Gasteiger partial charge in [-0.15, -0.1) is 10.2 Å². The monoisotopic (exact) mass is 956 g/mol. The normalized spacial score (nSPS) is 14.9. The molecule has 0 amide bonds. The van der Waals surface area contributed by atoms with Gasteiger partial charge in [-0.1, -0.05) is 68.2 Å². The number of para-hydroxylation sites is 2. The highest BCUT2D eigenvalue weighted by Crippen LogP contribution is 2.41. The minimum atomic E-state index is -4.03. The molecule has 0 spiro atoms. The molecule has 19 heteroatoms. The number of rotatable bonds is 13. The second-order valence-corrected chi connectivity index (χ2v) is 27.7. The highest BCUT2D eigenvalue weighted by atomic mass is 35.7. The summed E-state index contributed by atoms with van der Waals surface area (Å²) >= 11 is 0. The Morgan fingerprint density at radius 2 is 1.23 bits per heavy atom. The van der Waals surface area contributed by atoms with Gasteiger partial charge in [0.1, 0.15) is 6.73 Å². The molecule has 4 aliphatic rings. The van der Waals surface area contributed by atoms with Gasteiger partial charge in [-0.25, -0.2) is 18.2 Å². The first-order valence-electron chi connectivity index (χ1n) is 22.3. The number of nitrogen functional groups attached to an aromatic ring is 1. The largest absolute Gasteiger partial charge is 0.399 e. The van der Waals surface area contributed by atoms with E-state index in [4.69, 9.17) is 21.2 Å². The van der Waals surface area contributed by atoms with E-state index >= 15 is 0 Å². The molecule has 2 aromatic heterocycles. The lowest BCUT2D eigenvalue weighted by molar-refractivity contribution is 0.0792. The maximum atomic E-state index is 12.6. The molecule has 4 aromatic carbocycles. The van der Waals surface area contributed by atoms with Gasteiger partial charge in [0.2, 0.25) is 11.9 Å². The number of hydrogen-bond donors (Lipinski definition) is 5. The van der Waals surface area contributed by atoms with Crippen molar-refractivity contribution in [1.82, 2.24) is 29.9 Å². The van der Waals surface area contributed by atoms with Crippen LogP contribution in [-0.2, 0) is 81.9 Å².